The number of thiophene rings is 1. The van der Waals surface area contributed by atoms with E-state index in [1.807, 2.05) is 11.3 Å². The second kappa shape index (κ2) is 12.3. The van der Waals surface area contributed by atoms with Crippen molar-refractivity contribution >= 4 is 80.8 Å². The van der Waals surface area contributed by atoms with E-state index >= 15 is 0 Å². The molecular weight excluding hydrogens is 711 g/mol. The molecule has 0 aliphatic carbocycles. The molecule has 0 fully saturated rings. The summed E-state index contributed by atoms with van der Waals surface area (Å²) in [5.74, 6) is 0. The number of fused-ring (bicyclic) bond motifs is 9. The largest absolute Gasteiger partial charge is 0.319 e. The predicted octanol–water partition coefficient (Wildman–Crippen LogP) is 16.0. The topological polar surface area (TPSA) is 14.2 Å². The molecule has 0 spiro atoms. The number of hydrogen-bond donors (Lipinski definition) is 0. The predicted molar refractivity (Wildman–Crippen MR) is 249 cm³/mol. The summed E-state index contributed by atoms with van der Waals surface area (Å²) >= 11 is 1.82. The zero-order valence-corrected chi connectivity index (χ0v) is 36.4. The van der Waals surface area contributed by atoms with Crippen LogP contribution in [0.4, 0.5) is 5.69 Å². The normalized spacial score (nSPS) is 13.2. The number of nitrogens with zero attached hydrogens (tertiary/aromatic N) is 3. The summed E-state index contributed by atoms with van der Waals surface area (Å²) in [5.41, 5.74) is 12.2. The maximum atomic E-state index is 9.16. The Labute approximate surface area is 341 Å². The summed E-state index contributed by atoms with van der Waals surface area (Å²) in [6.45, 7) is 36.6. The fourth-order valence-corrected chi connectivity index (χ4v) is 9.90. The van der Waals surface area contributed by atoms with Gasteiger partial charge in [-0.1, -0.05) is 126 Å². The Bertz CT molecular complexity index is 3020. The Morgan fingerprint density at radius 3 is 1.21 bits per heavy atom. The molecule has 0 bridgehead atoms. The zero-order valence-electron chi connectivity index (χ0n) is 35.6. The fraction of sp³-hybridized carbons (Fsp3) is 0.302. The molecule has 4 heteroatoms. The minimum absolute atomic E-state index is 0.00861. The van der Waals surface area contributed by atoms with Crippen LogP contribution in [0, 0.1) is 6.57 Å². The highest BCUT2D eigenvalue weighted by Crippen LogP contribution is 2.50. The van der Waals surface area contributed by atoms with Gasteiger partial charge in [0.15, 0.2) is 0 Å². The first-order valence-electron chi connectivity index (χ1n) is 20.3. The van der Waals surface area contributed by atoms with Crippen molar-refractivity contribution in [1.29, 1.82) is 0 Å². The van der Waals surface area contributed by atoms with Crippen LogP contribution in [0.5, 0.6) is 0 Å². The highest BCUT2D eigenvalue weighted by molar-refractivity contribution is 7.26. The Kier molecular flexibility index (Phi) is 8.04. The average molecular weight is 764 g/mol. The highest BCUT2D eigenvalue weighted by Gasteiger charge is 2.28. The molecule has 0 atom stereocenters. The third-order valence-electron chi connectivity index (χ3n) is 12.2. The zero-order chi connectivity index (χ0) is 40.6. The van der Waals surface area contributed by atoms with E-state index in [0.29, 0.717) is 5.69 Å². The van der Waals surface area contributed by atoms with Crippen molar-refractivity contribution in [3.8, 4) is 11.4 Å². The lowest BCUT2D eigenvalue weighted by Gasteiger charge is -2.21. The lowest BCUT2D eigenvalue weighted by molar-refractivity contribution is 0.590. The first-order valence-corrected chi connectivity index (χ1v) is 21.1. The molecule has 0 unspecified atom stereocenters. The van der Waals surface area contributed by atoms with Gasteiger partial charge in [-0.25, -0.2) is 4.85 Å². The molecule has 0 N–H and O–H groups in total. The summed E-state index contributed by atoms with van der Waals surface area (Å²) in [4.78, 5) is 4.59. The summed E-state index contributed by atoms with van der Waals surface area (Å²) in [5, 5.41) is 7.20. The van der Waals surface area contributed by atoms with Crippen molar-refractivity contribution in [3.05, 3.63) is 137 Å². The van der Waals surface area contributed by atoms with Crippen molar-refractivity contribution in [3.63, 3.8) is 0 Å². The minimum atomic E-state index is -0.0150. The summed E-state index contributed by atoms with van der Waals surface area (Å²) in [7, 11) is 0. The Hall–Kier alpha value is -5.37. The maximum absolute atomic E-state index is 9.16. The molecule has 0 saturated heterocycles. The smallest absolute Gasteiger partial charge is 0.234 e. The number of aromatic nitrogens is 2. The molecule has 9 rings (SSSR count). The quantitative estimate of drug-likeness (QED) is 0.156. The van der Waals surface area contributed by atoms with Crippen LogP contribution in [0.15, 0.2) is 103 Å². The Balaban J connectivity index is 1.49. The lowest BCUT2D eigenvalue weighted by atomic mass is 9.85. The van der Waals surface area contributed by atoms with E-state index in [9.17, 15) is 0 Å². The van der Waals surface area contributed by atoms with Crippen LogP contribution in [0.2, 0.25) is 0 Å². The van der Waals surface area contributed by atoms with Crippen LogP contribution < -0.4 is 0 Å². The van der Waals surface area contributed by atoms with Gasteiger partial charge in [0.25, 0.3) is 0 Å². The molecule has 57 heavy (non-hydrogen) atoms. The van der Waals surface area contributed by atoms with E-state index < -0.39 is 0 Å². The van der Waals surface area contributed by atoms with Crippen molar-refractivity contribution in [1.82, 2.24) is 9.13 Å². The maximum Gasteiger partial charge on any atom is 0.234 e. The fourth-order valence-electron chi connectivity index (χ4n) is 8.75. The van der Waals surface area contributed by atoms with Crippen LogP contribution in [-0.2, 0) is 21.7 Å². The first kappa shape index (κ1) is 37.2. The molecule has 0 radical (unpaired) electrons. The van der Waals surface area contributed by atoms with E-state index in [1.54, 1.807) is 0 Å². The van der Waals surface area contributed by atoms with E-state index in [2.05, 4.69) is 200 Å². The molecule has 286 valence electrons. The molecule has 3 nitrogen and oxygen atoms in total. The molecule has 3 aromatic heterocycles. The van der Waals surface area contributed by atoms with Crippen LogP contribution in [0.1, 0.15) is 105 Å². The molecule has 0 aliphatic heterocycles. The SMILES string of the molecule is [C-]#[N+]c1c(-n2c3ccc(C(C)(C)C)cc3c3cc(C(C)(C)C)ccc32)cc2sc3ccccc3c2c1-n1c2ccc(C(C)(C)C)cc2c2cc(C(C)(C)C)ccc21. The van der Waals surface area contributed by atoms with Crippen LogP contribution in [0.25, 0.3) is 80.0 Å². The van der Waals surface area contributed by atoms with Gasteiger partial charge >= 0.3 is 0 Å². The van der Waals surface area contributed by atoms with Gasteiger partial charge in [0.1, 0.15) is 0 Å². The molecule has 0 saturated carbocycles. The third-order valence-corrected chi connectivity index (χ3v) is 13.3. The summed E-state index contributed by atoms with van der Waals surface area (Å²) in [6, 6.07) is 38.9. The number of rotatable bonds is 2. The van der Waals surface area contributed by atoms with Gasteiger partial charge in [-0.2, -0.15) is 0 Å². The van der Waals surface area contributed by atoms with E-state index in [-0.39, 0.29) is 21.7 Å². The minimum Gasteiger partial charge on any atom is -0.319 e. The van der Waals surface area contributed by atoms with Gasteiger partial charge in [-0.3, -0.25) is 0 Å². The Morgan fingerprint density at radius 2 is 0.825 bits per heavy atom. The van der Waals surface area contributed by atoms with Crippen LogP contribution in [-0.4, -0.2) is 9.13 Å². The molecule has 0 amide bonds. The second-order valence-electron chi connectivity index (χ2n) is 20.3. The highest BCUT2D eigenvalue weighted by atomic mass is 32.1. The van der Waals surface area contributed by atoms with Crippen molar-refractivity contribution in [2.24, 2.45) is 0 Å². The molecule has 6 aromatic carbocycles. The molecule has 3 heterocycles. The van der Waals surface area contributed by atoms with Gasteiger partial charge in [-0.15, -0.1) is 11.3 Å². The number of benzene rings is 6. The first-order chi connectivity index (χ1) is 26.8. The lowest BCUT2D eigenvalue weighted by Crippen LogP contribution is -2.10. The standard InChI is InChI=1S/C53H53N3S/c1-50(2,3)31-18-22-40-36(26-31)37-27-32(51(4,5)6)19-23-41(37)55(40)44-30-46-47(35-16-14-15-17-45(35)57-46)49(48(44)54-13)56-42-24-20-33(52(7,8)9)28-38(42)39-29-34(53(10,11)12)21-25-43(39)56/h14-30H,1-12H3. The third kappa shape index (κ3) is 5.80. The molecular formula is C53H53N3S. The summed E-state index contributed by atoms with van der Waals surface area (Å²) in [6.07, 6.45) is 0. The van der Waals surface area contributed by atoms with Crippen molar-refractivity contribution in [2.45, 2.75) is 105 Å². The summed E-state index contributed by atoms with van der Waals surface area (Å²) < 4.78 is 7.20. The van der Waals surface area contributed by atoms with Crippen molar-refractivity contribution < 1.29 is 0 Å². The Morgan fingerprint density at radius 1 is 0.439 bits per heavy atom. The van der Waals surface area contributed by atoms with Crippen molar-refractivity contribution in [2.75, 3.05) is 0 Å². The van der Waals surface area contributed by atoms with Gasteiger partial charge in [0.2, 0.25) is 5.69 Å². The molecule has 0 aliphatic rings. The van der Waals surface area contributed by atoms with E-state index in [0.717, 1.165) is 38.8 Å². The molecule has 9 aromatic rings. The van der Waals surface area contributed by atoms with Crippen LogP contribution in [0.3, 0.4) is 0 Å². The van der Waals surface area contributed by atoms with E-state index in [4.69, 9.17) is 6.57 Å². The van der Waals surface area contributed by atoms with Gasteiger partial charge in [0, 0.05) is 41.7 Å². The van der Waals surface area contributed by atoms with E-state index in [1.165, 1.54) is 58.6 Å². The average Bonchev–Trinajstić information content (AvgIpc) is 3.79. The number of hydrogen-bond acceptors (Lipinski definition) is 1. The van der Waals surface area contributed by atoms with Gasteiger partial charge in [-0.05, 0) is 105 Å². The monoisotopic (exact) mass is 763 g/mol. The van der Waals surface area contributed by atoms with Gasteiger partial charge < -0.3 is 9.13 Å². The van der Waals surface area contributed by atoms with Crippen LogP contribution >= 0.6 is 11.3 Å². The second-order valence-corrected chi connectivity index (χ2v) is 21.4. The van der Waals surface area contributed by atoms with Gasteiger partial charge in [0.05, 0.1) is 40.0 Å².